The summed E-state index contributed by atoms with van der Waals surface area (Å²) in [7, 11) is 6.02. The summed E-state index contributed by atoms with van der Waals surface area (Å²) in [6, 6.07) is 7.58. The molecule has 22 heavy (non-hydrogen) atoms. The van der Waals surface area contributed by atoms with Crippen LogP contribution in [0.1, 0.15) is 31.2 Å². The van der Waals surface area contributed by atoms with E-state index >= 15 is 0 Å². The number of carbonyl (C=O) groups is 1. The molecular weight excluding hydrogens is 298 g/mol. The lowest BCUT2D eigenvalue weighted by Gasteiger charge is -2.37. The average Bonchev–Trinajstić information content (AvgIpc) is 2.95. The second-order valence-corrected chi connectivity index (χ2v) is 6.91. The Balaban J connectivity index is 1.88. The van der Waals surface area contributed by atoms with Crippen molar-refractivity contribution in [3.8, 4) is 0 Å². The smallest absolute Gasteiger partial charge is 0.317 e. The Labute approximate surface area is 138 Å². The molecule has 0 radical (unpaired) electrons. The number of nitrogens with zero attached hydrogens (tertiary/aromatic N) is 2. The van der Waals surface area contributed by atoms with Crippen LogP contribution in [0.2, 0.25) is 5.02 Å². The lowest BCUT2D eigenvalue weighted by atomic mass is 9.96. The Morgan fingerprint density at radius 1 is 1.27 bits per heavy atom. The number of hydrogen-bond donors (Lipinski definition) is 1. The van der Waals surface area contributed by atoms with E-state index in [0.717, 1.165) is 18.4 Å². The molecule has 0 saturated heterocycles. The van der Waals surface area contributed by atoms with Crippen molar-refractivity contribution in [3.05, 3.63) is 34.9 Å². The fraction of sp³-hybridized carbons (Fsp3) is 0.588. The van der Waals surface area contributed by atoms with E-state index in [1.54, 1.807) is 4.90 Å². The van der Waals surface area contributed by atoms with Crippen molar-refractivity contribution in [2.45, 2.75) is 37.8 Å². The number of rotatable bonds is 5. The van der Waals surface area contributed by atoms with Gasteiger partial charge in [-0.15, -0.1) is 0 Å². The highest BCUT2D eigenvalue weighted by molar-refractivity contribution is 6.30. The quantitative estimate of drug-likeness (QED) is 0.902. The van der Waals surface area contributed by atoms with E-state index in [-0.39, 0.29) is 11.6 Å². The van der Waals surface area contributed by atoms with Crippen molar-refractivity contribution in [2.24, 2.45) is 0 Å². The third-order valence-electron chi connectivity index (χ3n) is 4.71. The molecule has 0 spiro atoms. The Morgan fingerprint density at radius 2 is 1.95 bits per heavy atom. The number of likely N-dealkylation sites (N-methyl/N-ethyl adjacent to an activating group) is 1. The molecule has 1 aliphatic rings. The fourth-order valence-corrected chi connectivity index (χ4v) is 3.38. The van der Waals surface area contributed by atoms with Crippen LogP contribution in [0.3, 0.4) is 0 Å². The van der Waals surface area contributed by atoms with Gasteiger partial charge in [-0.05, 0) is 44.6 Å². The first-order chi connectivity index (χ1) is 10.4. The fourth-order valence-electron chi connectivity index (χ4n) is 3.17. The minimum atomic E-state index is -0.0342. The Kier molecular flexibility index (Phi) is 5.70. The standard InChI is InChI=1S/C17H26ClN3O/c1-20(2)17(9-4-5-10-17)13-19-16(22)21(3)12-14-7-6-8-15(18)11-14/h6-8,11H,4-5,9-10,12-13H2,1-3H3,(H,19,22). The number of urea groups is 1. The third kappa shape index (κ3) is 4.14. The number of halogens is 1. The highest BCUT2D eigenvalue weighted by Gasteiger charge is 2.36. The Bertz CT molecular complexity index is 512. The van der Waals surface area contributed by atoms with Gasteiger partial charge in [-0.1, -0.05) is 36.6 Å². The van der Waals surface area contributed by atoms with Gasteiger partial charge in [0.05, 0.1) is 0 Å². The molecule has 0 aromatic heterocycles. The van der Waals surface area contributed by atoms with Gasteiger partial charge in [-0.2, -0.15) is 0 Å². The first kappa shape index (κ1) is 17.1. The molecule has 2 rings (SSSR count). The second-order valence-electron chi connectivity index (χ2n) is 6.47. The summed E-state index contributed by atoms with van der Waals surface area (Å²) in [4.78, 5) is 16.3. The maximum absolute atomic E-state index is 12.3. The molecule has 122 valence electrons. The molecule has 0 unspecified atom stereocenters. The van der Waals surface area contributed by atoms with Crippen LogP contribution in [0.5, 0.6) is 0 Å². The molecule has 0 heterocycles. The summed E-state index contributed by atoms with van der Waals surface area (Å²) < 4.78 is 0. The molecule has 5 heteroatoms. The zero-order chi connectivity index (χ0) is 16.2. The summed E-state index contributed by atoms with van der Waals surface area (Å²) in [5.74, 6) is 0. The van der Waals surface area contributed by atoms with Gasteiger partial charge in [0.2, 0.25) is 0 Å². The molecule has 1 aromatic carbocycles. The molecule has 2 amide bonds. The molecule has 1 aromatic rings. The molecule has 4 nitrogen and oxygen atoms in total. The van der Waals surface area contributed by atoms with Crippen LogP contribution in [0.25, 0.3) is 0 Å². The van der Waals surface area contributed by atoms with Crippen molar-refractivity contribution < 1.29 is 4.79 Å². The van der Waals surface area contributed by atoms with Gasteiger partial charge in [0.15, 0.2) is 0 Å². The topological polar surface area (TPSA) is 35.6 Å². The van der Waals surface area contributed by atoms with Crippen molar-refractivity contribution >= 4 is 17.6 Å². The van der Waals surface area contributed by atoms with Crippen LogP contribution in [-0.4, -0.2) is 49.1 Å². The third-order valence-corrected chi connectivity index (χ3v) is 4.94. The number of amides is 2. The van der Waals surface area contributed by atoms with Gasteiger partial charge in [0.25, 0.3) is 0 Å². The van der Waals surface area contributed by atoms with E-state index in [9.17, 15) is 4.79 Å². The zero-order valence-electron chi connectivity index (χ0n) is 13.7. The van der Waals surface area contributed by atoms with Crippen LogP contribution in [0.15, 0.2) is 24.3 Å². The molecule has 0 bridgehead atoms. The average molecular weight is 324 g/mol. The summed E-state index contributed by atoms with van der Waals surface area (Å²) >= 11 is 5.98. The first-order valence-electron chi connectivity index (χ1n) is 7.84. The molecule has 1 aliphatic carbocycles. The minimum absolute atomic E-state index is 0.0342. The summed E-state index contributed by atoms with van der Waals surface area (Å²) in [6.45, 7) is 1.26. The van der Waals surface area contributed by atoms with E-state index in [1.807, 2.05) is 31.3 Å². The van der Waals surface area contributed by atoms with E-state index in [0.29, 0.717) is 18.1 Å². The van der Waals surface area contributed by atoms with Gasteiger partial charge >= 0.3 is 6.03 Å². The maximum Gasteiger partial charge on any atom is 0.317 e. The normalized spacial score (nSPS) is 16.8. The van der Waals surface area contributed by atoms with Gasteiger partial charge in [0, 0.05) is 30.7 Å². The van der Waals surface area contributed by atoms with E-state index in [1.165, 1.54) is 12.8 Å². The van der Waals surface area contributed by atoms with Gasteiger partial charge in [-0.25, -0.2) is 4.79 Å². The maximum atomic E-state index is 12.3. The number of nitrogens with one attached hydrogen (secondary N) is 1. The molecule has 0 atom stereocenters. The number of hydrogen-bond acceptors (Lipinski definition) is 2. The van der Waals surface area contributed by atoms with Crippen molar-refractivity contribution in [2.75, 3.05) is 27.7 Å². The van der Waals surface area contributed by atoms with Crippen LogP contribution in [0, 0.1) is 0 Å². The van der Waals surface area contributed by atoms with Crippen LogP contribution in [-0.2, 0) is 6.54 Å². The summed E-state index contributed by atoms with van der Waals surface area (Å²) in [6.07, 6.45) is 4.79. The van der Waals surface area contributed by atoms with Gasteiger partial charge in [-0.3, -0.25) is 0 Å². The van der Waals surface area contributed by atoms with Gasteiger partial charge < -0.3 is 15.1 Å². The second kappa shape index (κ2) is 7.34. The van der Waals surface area contributed by atoms with E-state index < -0.39 is 0 Å². The van der Waals surface area contributed by atoms with Crippen molar-refractivity contribution in [3.63, 3.8) is 0 Å². The summed E-state index contributed by atoms with van der Waals surface area (Å²) in [5.41, 5.74) is 1.15. The highest BCUT2D eigenvalue weighted by atomic mass is 35.5. The predicted octanol–water partition coefficient (Wildman–Crippen LogP) is 3.36. The largest absolute Gasteiger partial charge is 0.336 e. The van der Waals surface area contributed by atoms with Crippen LogP contribution >= 0.6 is 11.6 Å². The first-order valence-corrected chi connectivity index (χ1v) is 8.22. The highest BCUT2D eigenvalue weighted by Crippen LogP contribution is 2.33. The van der Waals surface area contributed by atoms with Gasteiger partial charge in [0.1, 0.15) is 0 Å². The Hall–Kier alpha value is -1.26. The monoisotopic (exact) mass is 323 g/mol. The zero-order valence-corrected chi connectivity index (χ0v) is 14.5. The van der Waals surface area contributed by atoms with Crippen LogP contribution < -0.4 is 5.32 Å². The molecule has 1 N–H and O–H groups in total. The lowest BCUT2D eigenvalue weighted by Crippen LogP contribution is -2.52. The number of benzene rings is 1. The molecular formula is C17H26ClN3O. The van der Waals surface area contributed by atoms with E-state index in [2.05, 4.69) is 24.3 Å². The predicted molar refractivity (Wildman–Crippen MR) is 91.2 cm³/mol. The molecule has 1 fully saturated rings. The van der Waals surface area contributed by atoms with Crippen molar-refractivity contribution in [1.82, 2.24) is 15.1 Å². The number of carbonyl (C=O) groups excluding carboxylic acids is 1. The minimum Gasteiger partial charge on any atom is -0.336 e. The van der Waals surface area contributed by atoms with Crippen molar-refractivity contribution in [1.29, 1.82) is 0 Å². The molecule has 1 saturated carbocycles. The SMILES string of the molecule is CN(Cc1cccc(Cl)c1)C(=O)NCC1(N(C)C)CCCC1. The van der Waals surface area contributed by atoms with E-state index in [4.69, 9.17) is 11.6 Å². The summed E-state index contributed by atoms with van der Waals surface area (Å²) in [5, 5.41) is 3.79. The lowest BCUT2D eigenvalue weighted by molar-refractivity contribution is 0.148. The Morgan fingerprint density at radius 3 is 2.55 bits per heavy atom. The molecule has 0 aliphatic heterocycles. The van der Waals surface area contributed by atoms with Crippen LogP contribution in [0.4, 0.5) is 4.79 Å².